The maximum atomic E-state index is 10.9. The Morgan fingerprint density at radius 2 is 1.83 bits per heavy atom. The molecule has 0 aliphatic heterocycles. The van der Waals surface area contributed by atoms with Gasteiger partial charge in [-0.1, -0.05) is 13.8 Å². The fourth-order valence-corrected chi connectivity index (χ4v) is 1.31. The molecule has 1 unspecified atom stereocenters. The second kappa shape index (κ2) is 5.14. The molecule has 0 fully saturated rings. The predicted molar refractivity (Wildman–Crippen MR) is 48.4 cm³/mol. The molecule has 2 atom stereocenters. The lowest BCUT2D eigenvalue weighted by Gasteiger charge is -2.16. The minimum Gasteiger partial charge on any atom is -0.393 e. The maximum Gasteiger partial charge on any atom is 0.220 e. The van der Waals surface area contributed by atoms with Gasteiger partial charge in [0.25, 0.3) is 0 Å². The van der Waals surface area contributed by atoms with Gasteiger partial charge >= 0.3 is 0 Å². The number of rotatable bonds is 5. The van der Waals surface area contributed by atoms with E-state index in [4.69, 9.17) is 10.8 Å². The molecule has 0 rings (SSSR count). The first-order chi connectivity index (χ1) is 5.43. The standard InChI is InChI=1S/C9H19NO2/c1-6(2)4-8(9(10)12)5-7(3)11/h6-8,11H,4-5H2,1-3H3,(H2,10,12)/t7-,8?/m1/s1. The van der Waals surface area contributed by atoms with E-state index in [-0.39, 0.29) is 11.8 Å². The highest BCUT2D eigenvalue weighted by molar-refractivity contribution is 5.76. The highest BCUT2D eigenvalue weighted by Gasteiger charge is 2.18. The molecule has 1 amide bonds. The molecule has 12 heavy (non-hydrogen) atoms. The first kappa shape index (κ1) is 11.4. The van der Waals surface area contributed by atoms with E-state index in [1.807, 2.05) is 13.8 Å². The molecular weight excluding hydrogens is 154 g/mol. The van der Waals surface area contributed by atoms with Gasteiger partial charge in [0.05, 0.1) is 6.10 Å². The summed E-state index contributed by atoms with van der Waals surface area (Å²) in [6, 6.07) is 0. The zero-order valence-corrected chi connectivity index (χ0v) is 8.08. The SMILES string of the molecule is CC(C)CC(C[C@@H](C)O)C(N)=O. The van der Waals surface area contributed by atoms with E-state index >= 15 is 0 Å². The maximum absolute atomic E-state index is 10.9. The molecule has 0 aliphatic carbocycles. The number of hydrogen-bond donors (Lipinski definition) is 2. The van der Waals surface area contributed by atoms with Crippen molar-refractivity contribution in [2.75, 3.05) is 0 Å². The lowest BCUT2D eigenvalue weighted by molar-refractivity contribution is -0.123. The number of hydrogen-bond acceptors (Lipinski definition) is 2. The zero-order valence-electron chi connectivity index (χ0n) is 8.08. The molecule has 0 bridgehead atoms. The summed E-state index contributed by atoms with van der Waals surface area (Å²) in [4.78, 5) is 10.9. The van der Waals surface area contributed by atoms with Crippen molar-refractivity contribution in [2.45, 2.75) is 39.7 Å². The summed E-state index contributed by atoms with van der Waals surface area (Å²) >= 11 is 0. The van der Waals surface area contributed by atoms with Gasteiger partial charge < -0.3 is 10.8 Å². The number of carbonyl (C=O) groups is 1. The Bertz CT molecular complexity index is 133. The van der Waals surface area contributed by atoms with Crippen molar-refractivity contribution in [3.8, 4) is 0 Å². The van der Waals surface area contributed by atoms with Crippen LogP contribution in [0.15, 0.2) is 0 Å². The molecule has 3 N–H and O–H groups in total. The van der Waals surface area contributed by atoms with Gasteiger partial charge in [-0.2, -0.15) is 0 Å². The topological polar surface area (TPSA) is 63.3 Å². The second-order valence-corrected chi connectivity index (χ2v) is 3.81. The summed E-state index contributed by atoms with van der Waals surface area (Å²) in [5.74, 6) is -0.0316. The predicted octanol–water partition coefficient (Wildman–Crippen LogP) is 0.905. The first-order valence-electron chi connectivity index (χ1n) is 4.40. The Hall–Kier alpha value is -0.570. The highest BCUT2D eigenvalue weighted by Crippen LogP contribution is 2.16. The normalized spacial score (nSPS) is 16.1. The number of aliphatic hydroxyl groups excluding tert-OH is 1. The number of aliphatic hydroxyl groups is 1. The quantitative estimate of drug-likeness (QED) is 0.649. The van der Waals surface area contributed by atoms with E-state index in [9.17, 15) is 4.79 Å². The van der Waals surface area contributed by atoms with Crippen molar-refractivity contribution < 1.29 is 9.90 Å². The molecule has 0 saturated carbocycles. The van der Waals surface area contributed by atoms with Crippen LogP contribution in [0.3, 0.4) is 0 Å². The Kier molecular flexibility index (Phi) is 4.90. The average Bonchev–Trinajstić information content (AvgIpc) is 1.83. The van der Waals surface area contributed by atoms with Crippen LogP contribution in [0.25, 0.3) is 0 Å². The highest BCUT2D eigenvalue weighted by atomic mass is 16.3. The van der Waals surface area contributed by atoms with Crippen molar-refractivity contribution >= 4 is 5.91 Å². The first-order valence-corrected chi connectivity index (χ1v) is 4.40. The largest absolute Gasteiger partial charge is 0.393 e. The number of primary amides is 1. The lowest BCUT2D eigenvalue weighted by atomic mass is 9.92. The second-order valence-electron chi connectivity index (χ2n) is 3.81. The van der Waals surface area contributed by atoms with Crippen molar-refractivity contribution in [2.24, 2.45) is 17.6 Å². The molecule has 0 aliphatic rings. The van der Waals surface area contributed by atoms with Crippen LogP contribution in [0.5, 0.6) is 0 Å². The minimum atomic E-state index is -0.443. The van der Waals surface area contributed by atoms with Crippen LogP contribution < -0.4 is 5.73 Å². The molecule has 0 spiro atoms. The molecule has 0 saturated heterocycles. The summed E-state index contributed by atoms with van der Waals surface area (Å²) in [5, 5.41) is 9.08. The molecule has 0 aromatic heterocycles. The molecule has 0 radical (unpaired) electrons. The van der Waals surface area contributed by atoms with Gasteiger partial charge in [-0.25, -0.2) is 0 Å². The Labute approximate surface area is 74.0 Å². The molecule has 0 aromatic rings. The lowest BCUT2D eigenvalue weighted by Crippen LogP contribution is -2.27. The van der Waals surface area contributed by atoms with Gasteiger partial charge in [0.2, 0.25) is 5.91 Å². The zero-order chi connectivity index (χ0) is 9.72. The van der Waals surface area contributed by atoms with E-state index in [1.165, 1.54) is 0 Å². The van der Waals surface area contributed by atoms with Crippen molar-refractivity contribution in [3.63, 3.8) is 0 Å². The van der Waals surface area contributed by atoms with Crippen LogP contribution in [0.4, 0.5) is 0 Å². The average molecular weight is 173 g/mol. The number of nitrogens with two attached hydrogens (primary N) is 1. The van der Waals surface area contributed by atoms with Gasteiger partial charge in [0.1, 0.15) is 0 Å². The van der Waals surface area contributed by atoms with Crippen molar-refractivity contribution in [3.05, 3.63) is 0 Å². The van der Waals surface area contributed by atoms with E-state index in [0.29, 0.717) is 12.3 Å². The summed E-state index contributed by atoms with van der Waals surface area (Å²) in [6.07, 6.45) is 0.801. The van der Waals surface area contributed by atoms with E-state index in [0.717, 1.165) is 6.42 Å². The Balaban J connectivity index is 3.96. The van der Waals surface area contributed by atoms with Crippen LogP contribution in [0, 0.1) is 11.8 Å². The molecule has 0 aromatic carbocycles. The molecule has 72 valence electrons. The minimum absolute atomic E-state index is 0.176. The molecule has 0 heterocycles. The third-order valence-corrected chi connectivity index (χ3v) is 1.78. The van der Waals surface area contributed by atoms with Crippen LogP contribution in [-0.2, 0) is 4.79 Å². The van der Waals surface area contributed by atoms with Crippen LogP contribution in [-0.4, -0.2) is 17.1 Å². The molecule has 3 heteroatoms. The third kappa shape index (κ3) is 5.13. The van der Waals surface area contributed by atoms with E-state index in [2.05, 4.69) is 0 Å². The van der Waals surface area contributed by atoms with Gasteiger partial charge in [0.15, 0.2) is 0 Å². The fraction of sp³-hybridized carbons (Fsp3) is 0.889. The van der Waals surface area contributed by atoms with Crippen LogP contribution >= 0.6 is 0 Å². The molecule has 3 nitrogen and oxygen atoms in total. The monoisotopic (exact) mass is 173 g/mol. The Morgan fingerprint density at radius 1 is 1.33 bits per heavy atom. The fourth-order valence-electron chi connectivity index (χ4n) is 1.31. The van der Waals surface area contributed by atoms with Gasteiger partial charge in [0, 0.05) is 5.92 Å². The van der Waals surface area contributed by atoms with E-state index in [1.54, 1.807) is 6.92 Å². The smallest absolute Gasteiger partial charge is 0.220 e. The van der Waals surface area contributed by atoms with E-state index < -0.39 is 6.10 Å². The van der Waals surface area contributed by atoms with Gasteiger partial charge in [-0.3, -0.25) is 4.79 Å². The summed E-state index contributed by atoms with van der Waals surface area (Å²) < 4.78 is 0. The molecular formula is C9H19NO2. The van der Waals surface area contributed by atoms with Gasteiger partial charge in [-0.05, 0) is 25.7 Å². The van der Waals surface area contributed by atoms with Crippen molar-refractivity contribution in [1.29, 1.82) is 0 Å². The summed E-state index contributed by atoms with van der Waals surface area (Å²) in [5.41, 5.74) is 5.18. The number of carbonyl (C=O) groups excluding carboxylic acids is 1. The van der Waals surface area contributed by atoms with Crippen LogP contribution in [0.2, 0.25) is 0 Å². The third-order valence-electron chi connectivity index (χ3n) is 1.78. The Morgan fingerprint density at radius 3 is 2.08 bits per heavy atom. The van der Waals surface area contributed by atoms with Crippen LogP contribution in [0.1, 0.15) is 33.6 Å². The van der Waals surface area contributed by atoms with Gasteiger partial charge in [-0.15, -0.1) is 0 Å². The van der Waals surface area contributed by atoms with Crippen molar-refractivity contribution in [1.82, 2.24) is 0 Å². The summed E-state index contributed by atoms with van der Waals surface area (Å²) in [6.45, 7) is 5.76. The summed E-state index contributed by atoms with van der Waals surface area (Å²) in [7, 11) is 0. The number of amides is 1.